The Morgan fingerprint density at radius 2 is 1.86 bits per heavy atom. The van der Waals surface area contributed by atoms with E-state index in [4.69, 9.17) is 9.47 Å². The lowest BCUT2D eigenvalue weighted by molar-refractivity contribution is 0.125. The number of ether oxygens (including phenoxy) is 2. The van der Waals surface area contributed by atoms with Crippen molar-refractivity contribution in [3.8, 4) is 5.75 Å². The molecule has 1 rings (SSSR count). The second kappa shape index (κ2) is 6.24. The van der Waals surface area contributed by atoms with Crippen molar-refractivity contribution in [3.05, 3.63) is 29.8 Å². The van der Waals surface area contributed by atoms with Gasteiger partial charge in [0.1, 0.15) is 5.75 Å². The Labute approximate surface area is 98.7 Å². The summed E-state index contributed by atoms with van der Waals surface area (Å²) in [4.78, 5) is 0. The summed E-state index contributed by atoms with van der Waals surface area (Å²) < 4.78 is 11.4. The summed E-state index contributed by atoms with van der Waals surface area (Å²) in [6.07, 6.45) is 1.27. The Morgan fingerprint density at radius 1 is 1.21 bits per heavy atom. The van der Waals surface area contributed by atoms with Crippen LogP contribution in [-0.4, -0.2) is 24.8 Å². The van der Waals surface area contributed by atoms with Gasteiger partial charge in [0.2, 0.25) is 0 Å². The first-order valence-corrected chi connectivity index (χ1v) is 6.04. The molecule has 0 saturated heterocycles. The maximum absolute atomic E-state index is 5.32. The highest BCUT2D eigenvalue weighted by Gasteiger charge is 2.06. The van der Waals surface area contributed by atoms with Crippen molar-refractivity contribution < 1.29 is 9.47 Å². The number of rotatable bonds is 5. The van der Waals surface area contributed by atoms with Gasteiger partial charge < -0.3 is 9.47 Å². The molecule has 0 bridgehead atoms. The lowest BCUT2D eigenvalue weighted by Crippen LogP contribution is -2.15. The highest BCUT2D eigenvalue weighted by molar-refractivity contribution is 14.1. The van der Waals surface area contributed by atoms with Crippen LogP contribution in [0.3, 0.4) is 0 Å². The molecule has 78 valence electrons. The van der Waals surface area contributed by atoms with E-state index in [0.29, 0.717) is 6.10 Å². The van der Waals surface area contributed by atoms with E-state index < -0.39 is 0 Å². The van der Waals surface area contributed by atoms with Crippen LogP contribution in [0.15, 0.2) is 24.3 Å². The van der Waals surface area contributed by atoms with Crippen molar-refractivity contribution in [1.82, 2.24) is 0 Å². The lowest BCUT2D eigenvalue weighted by Gasteiger charge is -2.12. The maximum Gasteiger partial charge on any atom is 0.118 e. The predicted molar refractivity (Wildman–Crippen MR) is 66.4 cm³/mol. The molecule has 1 aromatic carbocycles. The van der Waals surface area contributed by atoms with Gasteiger partial charge in [-0.25, -0.2) is 0 Å². The van der Waals surface area contributed by atoms with Crippen molar-refractivity contribution >= 4 is 22.6 Å². The van der Waals surface area contributed by atoms with Crippen LogP contribution in [0.25, 0.3) is 0 Å². The molecule has 0 aliphatic rings. The first-order valence-electron chi connectivity index (χ1n) is 4.52. The zero-order valence-electron chi connectivity index (χ0n) is 8.50. The van der Waals surface area contributed by atoms with Crippen LogP contribution < -0.4 is 4.74 Å². The van der Waals surface area contributed by atoms with E-state index in [1.165, 1.54) is 5.56 Å². The van der Waals surface area contributed by atoms with Gasteiger partial charge in [0.05, 0.1) is 13.2 Å². The van der Waals surface area contributed by atoms with E-state index in [0.717, 1.165) is 16.6 Å². The van der Waals surface area contributed by atoms with Crippen molar-refractivity contribution in [2.24, 2.45) is 0 Å². The third kappa shape index (κ3) is 3.46. The van der Waals surface area contributed by atoms with Crippen molar-refractivity contribution in [1.29, 1.82) is 0 Å². The first-order chi connectivity index (χ1) is 6.80. The van der Waals surface area contributed by atoms with Crippen molar-refractivity contribution in [2.45, 2.75) is 12.5 Å². The van der Waals surface area contributed by atoms with Gasteiger partial charge in [-0.3, -0.25) is 0 Å². The molecular weight excluding hydrogens is 291 g/mol. The molecule has 14 heavy (non-hydrogen) atoms. The average Bonchev–Trinajstić information content (AvgIpc) is 2.26. The van der Waals surface area contributed by atoms with Gasteiger partial charge in [-0.1, -0.05) is 34.7 Å². The van der Waals surface area contributed by atoms with Gasteiger partial charge in [-0.15, -0.1) is 0 Å². The van der Waals surface area contributed by atoms with E-state index in [1.54, 1.807) is 14.2 Å². The summed E-state index contributed by atoms with van der Waals surface area (Å²) in [6, 6.07) is 8.12. The minimum absolute atomic E-state index is 0.309. The van der Waals surface area contributed by atoms with Gasteiger partial charge in [0, 0.05) is 11.5 Å². The van der Waals surface area contributed by atoms with E-state index in [1.807, 2.05) is 12.1 Å². The molecule has 1 aromatic rings. The van der Waals surface area contributed by atoms with E-state index in [2.05, 4.69) is 34.7 Å². The molecule has 0 spiro atoms. The Kier molecular flexibility index (Phi) is 5.25. The van der Waals surface area contributed by atoms with Gasteiger partial charge in [-0.2, -0.15) is 0 Å². The molecule has 0 saturated carbocycles. The first kappa shape index (κ1) is 11.8. The number of benzene rings is 1. The number of methoxy groups -OCH3 is 2. The lowest BCUT2D eigenvalue weighted by atomic mass is 10.1. The van der Waals surface area contributed by atoms with E-state index >= 15 is 0 Å². The third-order valence-corrected chi connectivity index (χ3v) is 3.11. The normalized spacial score (nSPS) is 12.5. The summed E-state index contributed by atoms with van der Waals surface area (Å²) in [5, 5.41) is 0. The highest BCUT2D eigenvalue weighted by Crippen LogP contribution is 2.14. The van der Waals surface area contributed by atoms with Crippen LogP contribution >= 0.6 is 22.6 Å². The Bertz CT molecular complexity index is 254. The van der Waals surface area contributed by atoms with Crippen LogP contribution in [0.5, 0.6) is 5.75 Å². The second-order valence-corrected chi connectivity index (χ2v) is 3.95. The quantitative estimate of drug-likeness (QED) is 0.615. The SMILES string of the molecule is COc1ccc(CC(CI)OC)cc1. The molecule has 1 atom stereocenters. The molecule has 0 radical (unpaired) electrons. The molecule has 0 amide bonds. The predicted octanol–water partition coefficient (Wildman–Crippen LogP) is 2.69. The van der Waals surface area contributed by atoms with Crippen LogP contribution in [0.1, 0.15) is 5.56 Å². The Balaban J connectivity index is 2.58. The zero-order chi connectivity index (χ0) is 10.4. The zero-order valence-corrected chi connectivity index (χ0v) is 10.7. The third-order valence-electron chi connectivity index (χ3n) is 2.13. The monoisotopic (exact) mass is 306 g/mol. The Hall–Kier alpha value is -0.290. The molecule has 0 aromatic heterocycles. The van der Waals surface area contributed by atoms with Gasteiger partial charge in [0.25, 0.3) is 0 Å². The molecule has 0 heterocycles. The standard InChI is InChI=1S/C11H15IO2/c1-13-10-5-3-9(4-6-10)7-11(8-12)14-2/h3-6,11H,7-8H2,1-2H3. The van der Waals surface area contributed by atoms with Crippen LogP contribution in [0.4, 0.5) is 0 Å². The number of halogens is 1. The fraction of sp³-hybridized carbons (Fsp3) is 0.455. The molecule has 0 aliphatic heterocycles. The fourth-order valence-corrected chi connectivity index (χ4v) is 1.90. The van der Waals surface area contributed by atoms with Crippen LogP contribution in [-0.2, 0) is 11.2 Å². The van der Waals surface area contributed by atoms with Gasteiger partial charge in [0.15, 0.2) is 0 Å². The van der Waals surface area contributed by atoms with Gasteiger partial charge >= 0.3 is 0 Å². The highest BCUT2D eigenvalue weighted by atomic mass is 127. The molecule has 0 fully saturated rings. The number of alkyl halides is 1. The molecule has 0 aliphatic carbocycles. The molecule has 3 heteroatoms. The number of hydrogen-bond donors (Lipinski definition) is 0. The van der Waals surface area contributed by atoms with Gasteiger partial charge in [-0.05, 0) is 24.1 Å². The fourth-order valence-electron chi connectivity index (χ4n) is 1.23. The van der Waals surface area contributed by atoms with E-state index in [9.17, 15) is 0 Å². The van der Waals surface area contributed by atoms with E-state index in [-0.39, 0.29) is 0 Å². The maximum atomic E-state index is 5.32. The number of hydrogen-bond acceptors (Lipinski definition) is 2. The van der Waals surface area contributed by atoms with Crippen LogP contribution in [0, 0.1) is 0 Å². The summed E-state index contributed by atoms with van der Waals surface area (Å²) in [5.41, 5.74) is 1.29. The minimum Gasteiger partial charge on any atom is -0.497 e. The molecule has 0 N–H and O–H groups in total. The molecule has 2 nitrogen and oxygen atoms in total. The second-order valence-electron chi connectivity index (χ2n) is 3.06. The molecular formula is C11H15IO2. The average molecular weight is 306 g/mol. The minimum atomic E-state index is 0.309. The van der Waals surface area contributed by atoms with Crippen molar-refractivity contribution in [3.63, 3.8) is 0 Å². The largest absolute Gasteiger partial charge is 0.497 e. The van der Waals surface area contributed by atoms with Crippen LogP contribution in [0.2, 0.25) is 0 Å². The van der Waals surface area contributed by atoms with Crippen molar-refractivity contribution in [2.75, 3.05) is 18.6 Å². The summed E-state index contributed by atoms with van der Waals surface area (Å²) in [6.45, 7) is 0. The summed E-state index contributed by atoms with van der Waals surface area (Å²) in [7, 11) is 3.44. The summed E-state index contributed by atoms with van der Waals surface area (Å²) in [5.74, 6) is 0.900. The summed E-state index contributed by atoms with van der Waals surface area (Å²) >= 11 is 2.34. The topological polar surface area (TPSA) is 18.5 Å². The smallest absolute Gasteiger partial charge is 0.118 e. The Morgan fingerprint density at radius 3 is 2.29 bits per heavy atom. The molecule has 1 unspecified atom stereocenters.